The molecule has 25 heavy (non-hydrogen) atoms. The molecule has 128 valence electrons. The van der Waals surface area contributed by atoms with Crippen LogP contribution in [0.3, 0.4) is 0 Å². The van der Waals surface area contributed by atoms with E-state index in [0.29, 0.717) is 0 Å². The third-order valence-electron chi connectivity index (χ3n) is 4.58. The molecule has 0 aliphatic carbocycles. The Labute approximate surface area is 163 Å². The second-order valence-electron chi connectivity index (χ2n) is 6.33. The van der Waals surface area contributed by atoms with E-state index < -0.39 is 0 Å². The van der Waals surface area contributed by atoms with Crippen molar-refractivity contribution < 1.29 is 0 Å². The van der Waals surface area contributed by atoms with Crippen LogP contribution < -0.4 is 0 Å². The maximum absolute atomic E-state index is 4.65. The highest BCUT2D eigenvalue weighted by molar-refractivity contribution is 14.1. The summed E-state index contributed by atoms with van der Waals surface area (Å²) in [4.78, 5) is 4.65. The van der Waals surface area contributed by atoms with Crippen LogP contribution in [-0.2, 0) is 6.42 Å². The molecule has 0 aliphatic heterocycles. The predicted octanol–water partition coefficient (Wildman–Crippen LogP) is 6.32. The van der Waals surface area contributed by atoms with E-state index in [9.17, 15) is 0 Å². The highest BCUT2D eigenvalue weighted by atomic mass is 127. The Balaban J connectivity index is 2.04. The fourth-order valence-corrected chi connectivity index (χ4v) is 3.62. The zero-order valence-electron chi connectivity index (χ0n) is 15.2. The Morgan fingerprint density at radius 3 is 2.44 bits per heavy atom. The van der Waals surface area contributed by atoms with E-state index in [1.54, 1.807) is 0 Å². The summed E-state index contributed by atoms with van der Waals surface area (Å²) in [6, 6.07) is 17.0. The lowest BCUT2D eigenvalue weighted by atomic mass is 10.1. The van der Waals surface area contributed by atoms with Gasteiger partial charge in [-0.1, -0.05) is 25.1 Å². The summed E-state index contributed by atoms with van der Waals surface area (Å²) >= 11 is 2.31. The Morgan fingerprint density at radius 2 is 1.76 bits per heavy atom. The monoisotopic (exact) mass is 442 g/mol. The molecule has 0 radical (unpaired) electrons. The standard InChI is InChI=1S/C22H23IN2/c1-5-18-8-6-7-15(2)22(18)25-16(3)13-19(17(25)4)14-24-21-11-9-20(23)10-12-21/h6-14H,5H2,1-4H3. The molecule has 3 heteroatoms. The molecular weight excluding hydrogens is 419 g/mol. The fourth-order valence-electron chi connectivity index (χ4n) is 3.26. The predicted molar refractivity (Wildman–Crippen MR) is 116 cm³/mol. The van der Waals surface area contributed by atoms with Crippen molar-refractivity contribution in [2.24, 2.45) is 4.99 Å². The molecule has 0 N–H and O–H groups in total. The molecule has 0 atom stereocenters. The van der Waals surface area contributed by atoms with Crippen molar-refractivity contribution in [2.75, 3.05) is 0 Å². The van der Waals surface area contributed by atoms with Gasteiger partial charge in [0, 0.05) is 26.7 Å². The first kappa shape index (κ1) is 17.9. The minimum absolute atomic E-state index is 0.982. The smallest absolute Gasteiger partial charge is 0.0630 e. The summed E-state index contributed by atoms with van der Waals surface area (Å²) in [7, 11) is 0. The first-order valence-electron chi connectivity index (χ1n) is 8.58. The summed E-state index contributed by atoms with van der Waals surface area (Å²) in [6.45, 7) is 8.74. The summed E-state index contributed by atoms with van der Waals surface area (Å²) in [6.07, 6.45) is 3.01. The van der Waals surface area contributed by atoms with Crippen LogP contribution in [0.4, 0.5) is 5.69 Å². The number of benzene rings is 2. The Bertz CT molecular complexity index is 918. The second-order valence-corrected chi connectivity index (χ2v) is 7.58. The lowest BCUT2D eigenvalue weighted by molar-refractivity contribution is 0.926. The fraction of sp³-hybridized carbons (Fsp3) is 0.227. The minimum atomic E-state index is 0.982. The highest BCUT2D eigenvalue weighted by Crippen LogP contribution is 2.26. The van der Waals surface area contributed by atoms with Crippen LogP contribution in [0.2, 0.25) is 0 Å². The first-order valence-corrected chi connectivity index (χ1v) is 9.66. The lowest BCUT2D eigenvalue weighted by Gasteiger charge is -2.17. The number of aliphatic imine (C=N–C) groups is 1. The average Bonchev–Trinajstić information content (AvgIpc) is 2.88. The molecule has 0 fully saturated rings. The largest absolute Gasteiger partial charge is 0.317 e. The normalized spacial score (nSPS) is 11.4. The quantitative estimate of drug-likeness (QED) is 0.332. The summed E-state index contributed by atoms with van der Waals surface area (Å²) < 4.78 is 3.59. The SMILES string of the molecule is CCc1cccc(C)c1-n1c(C)cc(C=Nc2ccc(I)cc2)c1C. The van der Waals surface area contributed by atoms with Crippen LogP contribution in [0.1, 0.15) is 35.0 Å². The Morgan fingerprint density at radius 1 is 1.04 bits per heavy atom. The number of hydrogen-bond acceptors (Lipinski definition) is 1. The minimum Gasteiger partial charge on any atom is -0.317 e. The average molecular weight is 442 g/mol. The lowest BCUT2D eigenvalue weighted by Crippen LogP contribution is -2.05. The zero-order valence-corrected chi connectivity index (χ0v) is 17.3. The highest BCUT2D eigenvalue weighted by Gasteiger charge is 2.14. The van der Waals surface area contributed by atoms with Gasteiger partial charge in [-0.15, -0.1) is 0 Å². The van der Waals surface area contributed by atoms with E-state index in [1.807, 2.05) is 18.3 Å². The van der Waals surface area contributed by atoms with Crippen molar-refractivity contribution in [1.82, 2.24) is 4.57 Å². The van der Waals surface area contributed by atoms with Gasteiger partial charge in [0.1, 0.15) is 0 Å². The van der Waals surface area contributed by atoms with Gasteiger partial charge in [0.05, 0.1) is 11.4 Å². The number of rotatable bonds is 4. The molecule has 0 amide bonds. The van der Waals surface area contributed by atoms with Gasteiger partial charge in [-0.05, 0) is 91.2 Å². The van der Waals surface area contributed by atoms with Gasteiger partial charge in [0.2, 0.25) is 0 Å². The number of hydrogen-bond donors (Lipinski definition) is 0. The van der Waals surface area contributed by atoms with Gasteiger partial charge in [-0.2, -0.15) is 0 Å². The van der Waals surface area contributed by atoms with Crippen LogP contribution in [0.25, 0.3) is 5.69 Å². The molecule has 1 aromatic heterocycles. The number of aromatic nitrogens is 1. The number of aryl methyl sites for hydroxylation is 3. The molecular formula is C22H23IN2. The topological polar surface area (TPSA) is 17.3 Å². The molecule has 0 unspecified atom stereocenters. The van der Waals surface area contributed by atoms with Crippen molar-refractivity contribution in [3.63, 3.8) is 0 Å². The van der Waals surface area contributed by atoms with Crippen LogP contribution in [0.15, 0.2) is 53.5 Å². The third kappa shape index (κ3) is 3.71. The molecule has 2 nitrogen and oxygen atoms in total. The van der Waals surface area contributed by atoms with Crippen molar-refractivity contribution in [3.05, 3.63) is 80.2 Å². The first-order chi connectivity index (χ1) is 12.0. The van der Waals surface area contributed by atoms with Gasteiger partial charge in [0.25, 0.3) is 0 Å². The molecule has 3 aromatic rings. The van der Waals surface area contributed by atoms with Gasteiger partial charge >= 0.3 is 0 Å². The van der Waals surface area contributed by atoms with Crippen molar-refractivity contribution in [3.8, 4) is 5.69 Å². The van der Waals surface area contributed by atoms with Crippen LogP contribution in [0, 0.1) is 24.3 Å². The Kier molecular flexibility index (Phi) is 5.42. The van der Waals surface area contributed by atoms with Gasteiger partial charge < -0.3 is 4.57 Å². The van der Waals surface area contributed by atoms with Crippen LogP contribution in [0.5, 0.6) is 0 Å². The molecule has 0 spiro atoms. The Hall–Kier alpha value is -1.88. The summed E-state index contributed by atoms with van der Waals surface area (Å²) in [5.74, 6) is 0. The molecule has 0 aliphatic rings. The zero-order chi connectivity index (χ0) is 18.0. The molecule has 3 rings (SSSR count). The van der Waals surface area contributed by atoms with Gasteiger partial charge in [0.15, 0.2) is 0 Å². The van der Waals surface area contributed by atoms with Gasteiger partial charge in [-0.25, -0.2) is 0 Å². The number of para-hydroxylation sites is 1. The molecule has 0 bridgehead atoms. The molecule has 1 heterocycles. The second kappa shape index (κ2) is 7.56. The summed E-state index contributed by atoms with van der Waals surface area (Å²) in [5.41, 5.74) is 8.62. The van der Waals surface area contributed by atoms with E-state index in [1.165, 1.54) is 37.3 Å². The van der Waals surface area contributed by atoms with Gasteiger partial charge in [-0.3, -0.25) is 4.99 Å². The third-order valence-corrected chi connectivity index (χ3v) is 5.29. The van der Waals surface area contributed by atoms with E-state index >= 15 is 0 Å². The van der Waals surface area contributed by atoms with E-state index in [0.717, 1.165) is 12.1 Å². The molecule has 2 aromatic carbocycles. The maximum Gasteiger partial charge on any atom is 0.0630 e. The molecule has 0 saturated heterocycles. The van der Waals surface area contributed by atoms with Crippen molar-refractivity contribution in [2.45, 2.75) is 34.1 Å². The van der Waals surface area contributed by atoms with E-state index in [2.05, 4.69) is 96.2 Å². The number of halogens is 1. The summed E-state index contributed by atoms with van der Waals surface area (Å²) in [5, 5.41) is 0. The van der Waals surface area contributed by atoms with Crippen LogP contribution >= 0.6 is 22.6 Å². The van der Waals surface area contributed by atoms with E-state index in [-0.39, 0.29) is 0 Å². The molecule has 0 saturated carbocycles. The van der Waals surface area contributed by atoms with E-state index in [4.69, 9.17) is 0 Å². The van der Waals surface area contributed by atoms with Crippen LogP contribution in [-0.4, -0.2) is 10.8 Å². The number of nitrogens with zero attached hydrogens (tertiary/aromatic N) is 2. The van der Waals surface area contributed by atoms with Crippen molar-refractivity contribution >= 4 is 34.5 Å². The maximum atomic E-state index is 4.65. The van der Waals surface area contributed by atoms with Crippen molar-refractivity contribution in [1.29, 1.82) is 0 Å².